The predicted molar refractivity (Wildman–Crippen MR) is 210 cm³/mol. The number of allylic oxidation sites excluding steroid dienone is 2. The van der Waals surface area contributed by atoms with Crippen molar-refractivity contribution in [2.75, 3.05) is 9.80 Å². The number of benzene rings is 4. The van der Waals surface area contributed by atoms with E-state index in [0.717, 1.165) is 33.9 Å². The summed E-state index contributed by atoms with van der Waals surface area (Å²) in [6, 6.07) is 42.0. The van der Waals surface area contributed by atoms with Gasteiger partial charge in [-0.25, -0.2) is 4.98 Å². The molecular formula is C41H23Cl2N5O2S2. The zero-order chi connectivity index (χ0) is 36.2. The minimum atomic E-state index is -0.662. The average molecular weight is 753 g/mol. The van der Waals surface area contributed by atoms with Gasteiger partial charge in [0.05, 0.1) is 11.4 Å². The quantitative estimate of drug-likeness (QED) is 0.0871. The van der Waals surface area contributed by atoms with Crippen LogP contribution in [-0.4, -0.2) is 16.6 Å². The SMILES string of the molecule is N#C/C(C(=O)c1cccc(C(=O)/C(C#N)=C2/SC=C(c3ccc(Cl)cc3)N2c2ccccc2)n1)=C1\SC=C(c2ccc(Cl)cc2)N1c1ccccc1. The molecule has 4 aromatic carbocycles. The Bertz CT molecular complexity index is 2260. The van der Waals surface area contributed by atoms with Crippen LogP contribution >= 0.6 is 46.7 Å². The normalized spacial score (nSPS) is 15.7. The minimum Gasteiger partial charge on any atom is -0.302 e. The third-order valence-electron chi connectivity index (χ3n) is 8.08. The van der Waals surface area contributed by atoms with Gasteiger partial charge >= 0.3 is 0 Å². The van der Waals surface area contributed by atoms with Crippen molar-refractivity contribution in [3.05, 3.63) is 192 Å². The van der Waals surface area contributed by atoms with Crippen LogP contribution in [-0.2, 0) is 0 Å². The molecule has 2 aliphatic heterocycles. The van der Waals surface area contributed by atoms with Crippen LogP contribution in [0.2, 0.25) is 10.0 Å². The first kappa shape index (κ1) is 34.6. The number of rotatable bonds is 8. The van der Waals surface area contributed by atoms with Gasteiger partial charge in [-0.05, 0) is 71.8 Å². The van der Waals surface area contributed by atoms with E-state index < -0.39 is 11.6 Å². The van der Waals surface area contributed by atoms with Gasteiger partial charge in [0.2, 0.25) is 11.6 Å². The fraction of sp³-hybridized carbons (Fsp3) is 0. The van der Waals surface area contributed by atoms with Crippen molar-refractivity contribution in [3.63, 3.8) is 0 Å². The van der Waals surface area contributed by atoms with Crippen LogP contribution < -0.4 is 9.80 Å². The lowest BCUT2D eigenvalue weighted by molar-refractivity contribution is 0.103. The molecule has 1 aromatic heterocycles. The van der Waals surface area contributed by atoms with Crippen molar-refractivity contribution in [2.45, 2.75) is 0 Å². The molecule has 0 N–H and O–H groups in total. The van der Waals surface area contributed by atoms with Crippen LogP contribution in [0.5, 0.6) is 0 Å². The number of aromatic nitrogens is 1. The second kappa shape index (κ2) is 15.2. The van der Waals surface area contributed by atoms with Gasteiger partial charge in [0.15, 0.2) is 0 Å². The molecule has 0 unspecified atom stereocenters. The molecule has 0 amide bonds. The first-order valence-corrected chi connectivity index (χ1v) is 18.2. The Labute approximate surface area is 318 Å². The predicted octanol–water partition coefficient (Wildman–Crippen LogP) is 10.7. The number of halogens is 2. The maximum absolute atomic E-state index is 14.1. The molecule has 52 heavy (non-hydrogen) atoms. The van der Waals surface area contributed by atoms with E-state index in [1.165, 1.54) is 41.7 Å². The molecule has 0 fully saturated rings. The highest BCUT2D eigenvalue weighted by Crippen LogP contribution is 2.46. The fourth-order valence-electron chi connectivity index (χ4n) is 5.63. The molecular weight excluding hydrogens is 730 g/mol. The number of hydrogen-bond acceptors (Lipinski definition) is 9. The molecule has 0 radical (unpaired) electrons. The highest BCUT2D eigenvalue weighted by molar-refractivity contribution is 8.06. The van der Waals surface area contributed by atoms with E-state index in [1.807, 2.05) is 106 Å². The van der Waals surface area contributed by atoms with Crippen molar-refractivity contribution in [3.8, 4) is 12.1 Å². The van der Waals surface area contributed by atoms with Gasteiger partial charge < -0.3 is 9.80 Å². The molecule has 0 spiro atoms. The smallest absolute Gasteiger partial charge is 0.224 e. The summed E-state index contributed by atoms with van der Waals surface area (Å²) in [5.41, 5.74) is 4.17. The summed E-state index contributed by atoms with van der Waals surface area (Å²) in [7, 11) is 0. The number of para-hydroxylation sites is 2. The number of nitriles is 2. The third-order valence-corrected chi connectivity index (χ3v) is 10.5. The van der Waals surface area contributed by atoms with Gasteiger partial charge in [-0.3, -0.25) is 9.59 Å². The number of anilines is 2. The molecule has 7 rings (SSSR count). The lowest BCUT2D eigenvalue weighted by Gasteiger charge is -2.25. The Morgan fingerprint density at radius 3 is 1.29 bits per heavy atom. The molecule has 7 nitrogen and oxygen atoms in total. The molecule has 0 bridgehead atoms. The number of carbonyl (C=O) groups excluding carboxylic acids is 2. The number of nitrogens with zero attached hydrogens (tertiary/aromatic N) is 5. The Morgan fingerprint density at radius 1 is 0.538 bits per heavy atom. The molecule has 2 aliphatic rings. The van der Waals surface area contributed by atoms with Crippen molar-refractivity contribution in [1.82, 2.24) is 4.98 Å². The lowest BCUT2D eigenvalue weighted by atomic mass is 10.1. The monoisotopic (exact) mass is 751 g/mol. The zero-order valence-corrected chi connectivity index (χ0v) is 30.0. The third kappa shape index (κ3) is 6.79. The molecule has 0 saturated carbocycles. The summed E-state index contributed by atoms with van der Waals surface area (Å²) in [6.45, 7) is 0. The van der Waals surface area contributed by atoms with E-state index in [9.17, 15) is 20.1 Å². The summed E-state index contributed by atoms with van der Waals surface area (Å²) in [4.78, 5) is 36.4. The summed E-state index contributed by atoms with van der Waals surface area (Å²) in [5, 5.41) is 26.5. The summed E-state index contributed by atoms with van der Waals surface area (Å²) in [5.74, 6) is -1.32. The number of hydrogen-bond donors (Lipinski definition) is 0. The fourth-order valence-corrected chi connectivity index (χ4v) is 7.94. The van der Waals surface area contributed by atoms with Gasteiger partial charge in [-0.15, -0.1) is 0 Å². The second-order valence-corrected chi connectivity index (χ2v) is 13.8. The van der Waals surface area contributed by atoms with Gasteiger partial charge in [0, 0.05) is 32.2 Å². The number of thioether (sulfide) groups is 2. The van der Waals surface area contributed by atoms with Crippen LogP contribution in [0.4, 0.5) is 11.4 Å². The van der Waals surface area contributed by atoms with E-state index in [-0.39, 0.29) is 22.5 Å². The lowest BCUT2D eigenvalue weighted by Crippen LogP contribution is -2.21. The largest absolute Gasteiger partial charge is 0.302 e. The van der Waals surface area contributed by atoms with Gasteiger partial charge in [0.1, 0.15) is 44.7 Å². The van der Waals surface area contributed by atoms with Gasteiger partial charge in [-0.2, -0.15) is 10.5 Å². The standard InChI is InChI=1S/C41H23Cl2N5O2S2/c42-28-18-14-26(15-19-28)36-24-51-40(47(36)30-8-3-1-4-9-30)32(22-44)38(49)34-12-7-13-35(46-34)39(50)33(23-45)41-48(31-10-5-2-6-11-31)37(25-52-41)27-16-20-29(43)21-17-27/h1-21,24-25H/b40-32+,41-33+. The topological polar surface area (TPSA) is 101 Å². The van der Waals surface area contributed by atoms with E-state index in [0.29, 0.717) is 20.1 Å². The van der Waals surface area contributed by atoms with Crippen molar-refractivity contribution >= 4 is 81.1 Å². The summed E-state index contributed by atoms with van der Waals surface area (Å²) >= 11 is 14.8. The molecule has 11 heteroatoms. The van der Waals surface area contributed by atoms with Crippen LogP contribution in [0.3, 0.4) is 0 Å². The first-order valence-electron chi connectivity index (χ1n) is 15.7. The highest BCUT2D eigenvalue weighted by atomic mass is 35.5. The van der Waals surface area contributed by atoms with Gasteiger partial charge in [0.25, 0.3) is 0 Å². The number of Topliss-reactive ketones (excluding diaryl/α,β-unsaturated/α-hetero) is 2. The Hall–Kier alpha value is -5.81. The molecule has 0 saturated heterocycles. The van der Waals surface area contributed by atoms with Crippen LogP contribution in [0, 0.1) is 22.7 Å². The summed E-state index contributed by atoms with van der Waals surface area (Å²) in [6.07, 6.45) is 0. The van der Waals surface area contributed by atoms with Crippen LogP contribution in [0.1, 0.15) is 32.1 Å². The highest BCUT2D eigenvalue weighted by Gasteiger charge is 2.33. The molecule has 3 heterocycles. The number of ketones is 2. The second-order valence-electron chi connectivity index (χ2n) is 11.2. The van der Waals surface area contributed by atoms with Crippen molar-refractivity contribution in [1.29, 1.82) is 10.5 Å². The van der Waals surface area contributed by atoms with Crippen LogP contribution in [0.25, 0.3) is 11.4 Å². The van der Waals surface area contributed by atoms with Gasteiger partial charge in [-0.1, -0.05) is 113 Å². The van der Waals surface area contributed by atoms with Crippen LogP contribution in [0.15, 0.2) is 159 Å². The van der Waals surface area contributed by atoms with E-state index in [1.54, 1.807) is 24.3 Å². The van der Waals surface area contributed by atoms with E-state index in [2.05, 4.69) is 17.1 Å². The van der Waals surface area contributed by atoms with E-state index >= 15 is 0 Å². The van der Waals surface area contributed by atoms with Crippen molar-refractivity contribution < 1.29 is 9.59 Å². The molecule has 0 atom stereocenters. The maximum atomic E-state index is 14.1. The van der Waals surface area contributed by atoms with E-state index in [4.69, 9.17) is 23.2 Å². The Morgan fingerprint density at radius 2 is 0.923 bits per heavy atom. The number of pyridine rings is 1. The number of carbonyl (C=O) groups is 2. The summed E-state index contributed by atoms with van der Waals surface area (Å²) < 4.78 is 0. The Kier molecular flexibility index (Phi) is 10.1. The van der Waals surface area contributed by atoms with Crippen molar-refractivity contribution in [2.24, 2.45) is 0 Å². The first-order chi connectivity index (χ1) is 25.4. The molecule has 250 valence electrons. The maximum Gasteiger partial charge on any atom is 0.224 e. The minimum absolute atomic E-state index is 0.107. The molecule has 5 aromatic rings. The Balaban J connectivity index is 1.25. The molecule has 0 aliphatic carbocycles. The average Bonchev–Trinajstić information content (AvgIpc) is 3.82. The zero-order valence-electron chi connectivity index (χ0n) is 26.9.